The van der Waals surface area contributed by atoms with E-state index in [1.807, 2.05) is 4.90 Å². The quantitative estimate of drug-likeness (QED) is 0.554. The Kier molecular flexibility index (Phi) is 7.10. The zero-order chi connectivity index (χ0) is 26.3. The number of rotatable bonds is 7. The van der Waals surface area contributed by atoms with E-state index in [2.05, 4.69) is 14.7 Å². The number of likely N-dealkylation sites (N-methyl/N-ethyl adjacent to an activating group) is 1. The smallest absolute Gasteiger partial charge is 0.335 e. The number of alkyl halides is 3. The van der Waals surface area contributed by atoms with Gasteiger partial charge in [-0.05, 0) is 43.9 Å². The molecule has 2 aliphatic rings. The first-order chi connectivity index (χ1) is 16.8. The molecular formula is C23H27F4N5O3S. The summed E-state index contributed by atoms with van der Waals surface area (Å²) < 4.78 is 79.6. The largest absolute Gasteiger partial charge is 0.406 e. The van der Waals surface area contributed by atoms with Crippen LogP contribution in [0.3, 0.4) is 0 Å². The van der Waals surface area contributed by atoms with Crippen LogP contribution in [-0.4, -0.2) is 84.3 Å². The van der Waals surface area contributed by atoms with Crippen molar-refractivity contribution < 1.29 is 30.8 Å². The molecule has 0 aliphatic carbocycles. The Morgan fingerprint density at radius 1 is 1.28 bits per heavy atom. The molecule has 3 atom stereocenters. The van der Waals surface area contributed by atoms with E-state index in [0.29, 0.717) is 35.4 Å². The lowest BCUT2D eigenvalue weighted by molar-refractivity contribution is -0.165. The minimum absolute atomic E-state index is 0.0308. The summed E-state index contributed by atoms with van der Waals surface area (Å²) in [5, 5.41) is 0. The van der Waals surface area contributed by atoms with Gasteiger partial charge in [-0.15, -0.1) is 0 Å². The van der Waals surface area contributed by atoms with Crippen molar-refractivity contribution in [3.05, 3.63) is 48.0 Å². The SMILES string of the molecule is CN(CC(F)(F)F)C(=O)[C@]1(Cc2cccc(-c3ncc(F)cn3)c2)C[C@@H](NS(C)(=O)=O)[C@@H]2CCCN21. The molecule has 3 heterocycles. The van der Waals surface area contributed by atoms with Crippen molar-refractivity contribution in [3.8, 4) is 11.4 Å². The molecule has 0 unspecified atom stereocenters. The van der Waals surface area contributed by atoms with Gasteiger partial charge in [-0.1, -0.05) is 18.2 Å². The van der Waals surface area contributed by atoms with Gasteiger partial charge in [-0.25, -0.2) is 27.5 Å². The highest BCUT2D eigenvalue weighted by molar-refractivity contribution is 7.88. The summed E-state index contributed by atoms with van der Waals surface area (Å²) in [4.78, 5) is 24.2. The van der Waals surface area contributed by atoms with Gasteiger partial charge in [-0.2, -0.15) is 13.2 Å². The average Bonchev–Trinajstić information content (AvgIpc) is 3.36. The van der Waals surface area contributed by atoms with Crippen molar-refractivity contribution in [1.82, 2.24) is 24.5 Å². The molecule has 0 spiro atoms. The molecule has 2 aliphatic heterocycles. The van der Waals surface area contributed by atoms with Gasteiger partial charge in [0.2, 0.25) is 15.9 Å². The van der Waals surface area contributed by atoms with Crippen LogP contribution in [0.1, 0.15) is 24.8 Å². The van der Waals surface area contributed by atoms with Crippen molar-refractivity contribution in [2.75, 3.05) is 26.4 Å². The number of amides is 1. The molecule has 0 saturated carbocycles. The van der Waals surface area contributed by atoms with Crippen LogP contribution < -0.4 is 4.72 Å². The van der Waals surface area contributed by atoms with Crippen LogP contribution in [-0.2, 0) is 21.2 Å². The number of carbonyl (C=O) groups is 1. The summed E-state index contributed by atoms with van der Waals surface area (Å²) in [6, 6.07) is 5.95. The number of benzene rings is 1. The number of hydrogen-bond acceptors (Lipinski definition) is 6. The maximum Gasteiger partial charge on any atom is 0.406 e. The van der Waals surface area contributed by atoms with Gasteiger partial charge in [0.05, 0.1) is 18.6 Å². The van der Waals surface area contributed by atoms with Crippen molar-refractivity contribution in [2.24, 2.45) is 0 Å². The molecule has 8 nitrogen and oxygen atoms in total. The number of hydrogen-bond donors (Lipinski definition) is 1. The van der Waals surface area contributed by atoms with Crippen molar-refractivity contribution in [1.29, 1.82) is 0 Å². The third-order valence-corrected chi connectivity index (χ3v) is 7.43. The molecule has 4 rings (SSSR count). The van der Waals surface area contributed by atoms with Gasteiger partial charge >= 0.3 is 6.18 Å². The predicted octanol–water partition coefficient (Wildman–Crippen LogP) is 2.37. The van der Waals surface area contributed by atoms with Crippen molar-refractivity contribution in [3.63, 3.8) is 0 Å². The predicted molar refractivity (Wildman–Crippen MR) is 124 cm³/mol. The molecule has 2 aromatic rings. The van der Waals surface area contributed by atoms with E-state index in [9.17, 15) is 30.8 Å². The number of aromatic nitrogens is 2. The Hall–Kier alpha value is -2.64. The Balaban J connectivity index is 1.73. The topological polar surface area (TPSA) is 95.5 Å². The Morgan fingerprint density at radius 3 is 2.61 bits per heavy atom. The molecule has 1 aromatic heterocycles. The molecule has 1 aromatic carbocycles. The van der Waals surface area contributed by atoms with Gasteiger partial charge in [0, 0.05) is 24.7 Å². The van der Waals surface area contributed by atoms with E-state index in [-0.39, 0.29) is 24.7 Å². The van der Waals surface area contributed by atoms with Crippen LogP contribution >= 0.6 is 0 Å². The third kappa shape index (κ3) is 5.68. The van der Waals surface area contributed by atoms with Gasteiger partial charge in [0.25, 0.3) is 0 Å². The normalized spacial score (nSPS) is 24.6. The van der Waals surface area contributed by atoms with Gasteiger partial charge in [0.1, 0.15) is 12.1 Å². The fourth-order valence-corrected chi connectivity index (χ4v) is 6.32. The fourth-order valence-electron chi connectivity index (χ4n) is 5.53. The Bertz CT molecular complexity index is 1230. The van der Waals surface area contributed by atoms with E-state index in [4.69, 9.17) is 0 Å². The first-order valence-corrected chi connectivity index (χ1v) is 13.3. The van der Waals surface area contributed by atoms with E-state index < -0.39 is 46.0 Å². The first kappa shape index (κ1) is 26.4. The Morgan fingerprint density at radius 2 is 1.97 bits per heavy atom. The molecule has 1 N–H and O–H groups in total. The number of halogens is 4. The fraction of sp³-hybridized carbons (Fsp3) is 0.522. The van der Waals surface area contributed by atoms with Crippen molar-refractivity contribution in [2.45, 2.75) is 49.5 Å². The van der Waals surface area contributed by atoms with E-state index >= 15 is 0 Å². The summed E-state index contributed by atoms with van der Waals surface area (Å²) in [5.41, 5.74) is -0.188. The van der Waals surface area contributed by atoms with Gasteiger partial charge in [-0.3, -0.25) is 9.69 Å². The number of sulfonamides is 1. The highest BCUT2D eigenvalue weighted by Gasteiger charge is 2.59. The van der Waals surface area contributed by atoms with E-state index in [0.717, 1.165) is 25.7 Å². The maximum absolute atomic E-state index is 13.7. The molecule has 2 fully saturated rings. The first-order valence-electron chi connectivity index (χ1n) is 11.4. The molecule has 1 amide bonds. The van der Waals surface area contributed by atoms with Crippen LogP contribution in [0, 0.1) is 5.82 Å². The van der Waals surface area contributed by atoms with Crippen molar-refractivity contribution >= 4 is 15.9 Å². The number of nitrogens with zero attached hydrogens (tertiary/aromatic N) is 4. The van der Waals surface area contributed by atoms with Crippen LogP contribution in [0.25, 0.3) is 11.4 Å². The van der Waals surface area contributed by atoms with Gasteiger partial charge < -0.3 is 4.90 Å². The molecule has 196 valence electrons. The minimum Gasteiger partial charge on any atom is -0.335 e. The zero-order valence-corrected chi connectivity index (χ0v) is 20.6. The number of nitrogens with one attached hydrogen (secondary N) is 1. The van der Waals surface area contributed by atoms with Crippen LogP contribution in [0.5, 0.6) is 0 Å². The molecular weight excluding hydrogens is 502 g/mol. The lowest BCUT2D eigenvalue weighted by Crippen LogP contribution is -2.58. The highest BCUT2D eigenvalue weighted by Crippen LogP contribution is 2.44. The highest BCUT2D eigenvalue weighted by atomic mass is 32.2. The summed E-state index contributed by atoms with van der Waals surface area (Å²) >= 11 is 0. The molecule has 0 bridgehead atoms. The minimum atomic E-state index is -4.58. The van der Waals surface area contributed by atoms with Crippen LogP contribution in [0.2, 0.25) is 0 Å². The molecule has 36 heavy (non-hydrogen) atoms. The molecule has 0 radical (unpaired) electrons. The maximum atomic E-state index is 13.7. The van der Waals surface area contributed by atoms with Crippen LogP contribution in [0.15, 0.2) is 36.7 Å². The average molecular weight is 530 g/mol. The second-order valence-corrected chi connectivity index (χ2v) is 11.3. The lowest BCUT2D eigenvalue weighted by Gasteiger charge is -2.40. The third-order valence-electron chi connectivity index (χ3n) is 6.70. The Labute approximate surface area is 206 Å². The lowest BCUT2D eigenvalue weighted by atomic mass is 9.84. The van der Waals surface area contributed by atoms with Crippen LogP contribution in [0.4, 0.5) is 17.6 Å². The molecule has 2 saturated heterocycles. The number of carbonyl (C=O) groups excluding carboxylic acids is 1. The number of fused-ring (bicyclic) bond motifs is 1. The summed E-state index contributed by atoms with van der Waals surface area (Å²) in [7, 11) is -2.51. The summed E-state index contributed by atoms with van der Waals surface area (Å²) in [6.45, 7) is -0.960. The monoisotopic (exact) mass is 529 g/mol. The standard InChI is InChI=1S/C23H27F4N5O3S/c1-31(14-23(25,26)27)21(33)22(11-18(30-36(2,34)35)19-7-4-8-32(19)22)10-15-5-3-6-16(9-15)20-28-12-17(24)13-29-20/h3,5-6,9,12-13,18-19,30H,4,7-8,10-11,14H2,1-2H3/t18-,19+,22+/m1/s1. The molecule has 13 heteroatoms. The van der Waals surface area contributed by atoms with Gasteiger partial charge in [0.15, 0.2) is 11.6 Å². The summed E-state index contributed by atoms with van der Waals surface area (Å²) in [5.74, 6) is -1.05. The zero-order valence-electron chi connectivity index (χ0n) is 19.8. The summed E-state index contributed by atoms with van der Waals surface area (Å²) in [6.07, 6.45) is -0.110. The van der Waals surface area contributed by atoms with E-state index in [1.54, 1.807) is 24.3 Å². The second kappa shape index (κ2) is 9.67. The van der Waals surface area contributed by atoms with E-state index in [1.165, 1.54) is 0 Å². The second-order valence-electron chi connectivity index (χ2n) is 9.51.